The molecule has 1 aliphatic rings. The quantitative estimate of drug-likeness (QED) is 0.392. The van der Waals surface area contributed by atoms with E-state index in [0.717, 1.165) is 55.4 Å². The molecule has 0 spiro atoms. The number of likely N-dealkylation sites (tertiary alicyclic amines) is 1. The number of hydrogen-bond donors (Lipinski definition) is 1. The number of rotatable bonds is 11. The summed E-state index contributed by atoms with van der Waals surface area (Å²) >= 11 is 1.37. The van der Waals surface area contributed by atoms with Crippen LogP contribution in [0.5, 0.6) is 0 Å². The molecule has 1 atom stereocenters. The fraction of sp³-hybridized carbons (Fsp3) is 0.464. The maximum absolute atomic E-state index is 13.2. The molecule has 1 saturated heterocycles. The summed E-state index contributed by atoms with van der Waals surface area (Å²) in [6.45, 7) is 7.87. The standard InChI is InChI=1S/C28H36FN5OS/c1-3-21(2)34(28-31-26(32-36-28)19-22-9-11-24(29)12-10-22)18-15-27(35)30-25-13-16-33(17-14-25)20-23-7-5-4-6-8-23/h4-12,21,25H,3,13-20H2,1-2H3,(H,30,35). The van der Waals surface area contributed by atoms with Crippen molar-refractivity contribution >= 4 is 22.6 Å². The molecule has 0 aliphatic carbocycles. The van der Waals surface area contributed by atoms with Crippen LogP contribution >= 0.6 is 11.5 Å². The first kappa shape index (κ1) is 26.2. The van der Waals surface area contributed by atoms with Crippen LogP contribution in [0.1, 0.15) is 56.5 Å². The predicted molar refractivity (Wildman–Crippen MR) is 144 cm³/mol. The van der Waals surface area contributed by atoms with Crippen molar-refractivity contribution in [1.29, 1.82) is 0 Å². The van der Waals surface area contributed by atoms with Gasteiger partial charge in [0.25, 0.3) is 0 Å². The number of carbonyl (C=O) groups excluding carboxylic acids is 1. The van der Waals surface area contributed by atoms with Crippen molar-refractivity contribution < 1.29 is 9.18 Å². The summed E-state index contributed by atoms with van der Waals surface area (Å²) in [6, 6.07) is 17.5. The van der Waals surface area contributed by atoms with E-state index in [-0.39, 0.29) is 23.8 Å². The fourth-order valence-electron chi connectivity index (χ4n) is 4.54. The van der Waals surface area contributed by atoms with Crippen LogP contribution < -0.4 is 10.2 Å². The zero-order valence-corrected chi connectivity index (χ0v) is 22.0. The number of nitrogens with one attached hydrogen (secondary N) is 1. The lowest BCUT2D eigenvalue weighted by molar-refractivity contribution is -0.121. The molecule has 2 aromatic carbocycles. The van der Waals surface area contributed by atoms with Crippen LogP contribution in [0.25, 0.3) is 0 Å². The highest BCUT2D eigenvalue weighted by Crippen LogP contribution is 2.23. The zero-order chi connectivity index (χ0) is 25.3. The molecular formula is C28H36FN5OS. The van der Waals surface area contributed by atoms with Gasteiger partial charge in [0.05, 0.1) is 0 Å². The van der Waals surface area contributed by atoms with E-state index in [1.807, 2.05) is 6.07 Å². The number of piperidine rings is 1. The normalized spacial score (nSPS) is 15.5. The van der Waals surface area contributed by atoms with E-state index in [4.69, 9.17) is 4.98 Å². The van der Waals surface area contributed by atoms with Gasteiger partial charge in [0.2, 0.25) is 11.0 Å². The summed E-state index contributed by atoms with van der Waals surface area (Å²) in [5.74, 6) is 0.576. The summed E-state index contributed by atoms with van der Waals surface area (Å²) < 4.78 is 17.7. The van der Waals surface area contributed by atoms with Gasteiger partial charge >= 0.3 is 0 Å². The van der Waals surface area contributed by atoms with E-state index in [9.17, 15) is 9.18 Å². The predicted octanol–water partition coefficient (Wildman–Crippen LogP) is 5.04. The number of halogens is 1. The Morgan fingerprint density at radius 3 is 2.56 bits per heavy atom. The number of amides is 1. The Bertz CT molecular complexity index is 1080. The lowest BCUT2D eigenvalue weighted by Crippen LogP contribution is -2.45. The second-order valence-corrected chi connectivity index (χ2v) is 10.3. The van der Waals surface area contributed by atoms with E-state index in [2.05, 4.69) is 57.6 Å². The Morgan fingerprint density at radius 2 is 1.86 bits per heavy atom. The maximum atomic E-state index is 13.2. The summed E-state index contributed by atoms with van der Waals surface area (Å²) in [6.07, 6.45) is 3.91. The lowest BCUT2D eigenvalue weighted by Gasteiger charge is -2.33. The molecule has 1 amide bonds. The molecule has 36 heavy (non-hydrogen) atoms. The second-order valence-electron chi connectivity index (χ2n) is 9.60. The van der Waals surface area contributed by atoms with E-state index in [1.165, 1.54) is 29.2 Å². The minimum Gasteiger partial charge on any atom is -0.353 e. The van der Waals surface area contributed by atoms with Crippen molar-refractivity contribution in [3.63, 3.8) is 0 Å². The van der Waals surface area contributed by atoms with Gasteiger partial charge in [-0.3, -0.25) is 9.69 Å². The number of benzene rings is 2. The summed E-state index contributed by atoms with van der Waals surface area (Å²) in [7, 11) is 0. The monoisotopic (exact) mass is 509 g/mol. The molecule has 6 nitrogen and oxygen atoms in total. The van der Waals surface area contributed by atoms with Gasteiger partial charge in [0.1, 0.15) is 11.6 Å². The van der Waals surface area contributed by atoms with Gasteiger partial charge in [-0.05, 0) is 49.4 Å². The Labute approximate surface area is 217 Å². The van der Waals surface area contributed by atoms with E-state index < -0.39 is 0 Å². The van der Waals surface area contributed by atoms with Crippen LogP contribution in [0.3, 0.4) is 0 Å². The molecule has 1 N–H and O–H groups in total. The van der Waals surface area contributed by atoms with Gasteiger partial charge in [-0.25, -0.2) is 9.37 Å². The average Bonchev–Trinajstić information content (AvgIpc) is 3.35. The topological polar surface area (TPSA) is 61.4 Å². The highest BCUT2D eigenvalue weighted by Gasteiger charge is 2.23. The van der Waals surface area contributed by atoms with E-state index in [1.54, 1.807) is 12.1 Å². The molecule has 3 aromatic rings. The van der Waals surface area contributed by atoms with Crippen molar-refractivity contribution in [1.82, 2.24) is 19.6 Å². The van der Waals surface area contributed by atoms with E-state index in [0.29, 0.717) is 19.4 Å². The number of aromatic nitrogens is 2. The molecular weight excluding hydrogens is 473 g/mol. The molecule has 0 radical (unpaired) electrons. The molecule has 8 heteroatoms. The van der Waals surface area contributed by atoms with Gasteiger partial charge in [-0.15, -0.1) is 0 Å². The number of nitrogens with zero attached hydrogens (tertiary/aromatic N) is 4. The number of carbonyl (C=O) groups is 1. The first-order valence-electron chi connectivity index (χ1n) is 12.9. The first-order chi connectivity index (χ1) is 17.5. The van der Waals surface area contributed by atoms with Crippen LogP contribution in [-0.4, -0.2) is 51.9 Å². The van der Waals surface area contributed by atoms with Crippen LogP contribution in [0.4, 0.5) is 9.52 Å². The van der Waals surface area contributed by atoms with Gasteiger partial charge in [0.15, 0.2) is 0 Å². The summed E-state index contributed by atoms with van der Waals surface area (Å²) in [4.78, 5) is 22.2. The Kier molecular flexibility index (Phi) is 9.41. The minimum absolute atomic E-state index is 0.0980. The zero-order valence-electron chi connectivity index (χ0n) is 21.2. The highest BCUT2D eigenvalue weighted by atomic mass is 32.1. The molecule has 1 unspecified atom stereocenters. The van der Waals surface area contributed by atoms with Gasteiger partial charge < -0.3 is 10.2 Å². The summed E-state index contributed by atoms with van der Waals surface area (Å²) in [5.41, 5.74) is 2.31. The maximum Gasteiger partial charge on any atom is 0.221 e. The van der Waals surface area contributed by atoms with Crippen molar-refractivity contribution in [2.24, 2.45) is 0 Å². The third-order valence-corrected chi connectivity index (χ3v) is 7.67. The molecule has 4 rings (SSSR count). The molecule has 0 saturated carbocycles. The third kappa shape index (κ3) is 7.58. The van der Waals surface area contributed by atoms with Crippen molar-refractivity contribution in [2.75, 3.05) is 24.5 Å². The molecule has 2 heterocycles. The molecule has 192 valence electrons. The molecule has 1 aliphatic heterocycles. The van der Waals surface area contributed by atoms with Gasteiger partial charge in [-0.2, -0.15) is 4.37 Å². The van der Waals surface area contributed by atoms with Crippen LogP contribution in [0.2, 0.25) is 0 Å². The molecule has 0 bridgehead atoms. The smallest absolute Gasteiger partial charge is 0.221 e. The second kappa shape index (κ2) is 12.9. The van der Waals surface area contributed by atoms with Gasteiger partial charge in [0, 0.05) is 62.6 Å². The van der Waals surface area contributed by atoms with Gasteiger partial charge in [-0.1, -0.05) is 49.4 Å². The van der Waals surface area contributed by atoms with Crippen LogP contribution in [0.15, 0.2) is 54.6 Å². The van der Waals surface area contributed by atoms with Crippen molar-refractivity contribution in [3.8, 4) is 0 Å². The van der Waals surface area contributed by atoms with Crippen molar-refractivity contribution in [3.05, 3.63) is 77.4 Å². The Hall–Kier alpha value is -2.84. The number of hydrogen-bond acceptors (Lipinski definition) is 6. The Morgan fingerprint density at radius 1 is 1.14 bits per heavy atom. The Balaban J connectivity index is 1.25. The molecule has 1 aromatic heterocycles. The van der Waals surface area contributed by atoms with Crippen LogP contribution in [0, 0.1) is 5.82 Å². The van der Waals surface area contributed by atoms with Crippen LogP contribution in [-0.2, 0) is 17.8 Å². The third-order valence-electron chi connectivity index (χ3n) is 6.88. The molecule has 1 fully saturated rings. The van der Waals surface area contributed by atoms with E-state index >= 15 is 0 Å². The number of anilines is 1. The SMILES string of the molecule is CCC(C)N(CCC(=O)NC1CCN(Cc2ccccc2)CC1)c1nc(Cc2ccc(F)cc2)ns1. The average molecular weight is 510 g/mol. The lowest BCUT2D eigenvalue weighted by atomic mass is 10.0. The minimum atomic E-state index is -0.246. The summed E-state index contributed by atoms with van der Waals surface area (Å²) in [5, 5.41) is 4.09. The fourth-order valence-corrected chi connectivity index (χ4v) is 5.36. The highest BCUT2D eigenvalue weighted by molar-refractivity contribution is 7.09. The first-order valence-corrected chi connectivity index (χ1v) is 13.7. The van der Waals surface area contributed by atoms with Crippen molar-refractivity contribution in [2.45, 2.75) is 64.6 Å². The largest absolute Gasteiger partial charge is 0.353 e.